The van der Waals surface area contributed by atoms with Crippen molar-refractivity contribution in [3.05, 3.63) is 28.3 Å². The number of hydrogen-bond acceptors (Lipinski definition) is 4. The van der Waals surface area contributed by atoms with E-state index in [9.17, 15) is 10.1 Å². The van der Waals surface area contributed by atoms with Gasteiger partial charge in [0.2, 0.25) is 5.75 Å². The Hall–Kier alpha value is -0.144. The van der Waals surface area contributed by atoms with Gasteiger partial charge in [-0.1, -0.05) is 6.07 Å². The van der Waals surface area contributed by atoms with Gasteiger partial charge in [-0.05, 0) is 12.1 Å². The van der Waals surface area contributed by atoms with E-state index in [1.54, 1.807) is 0 Å². The van der Waals surface area contributed by atoms with Crippen LogP contribution in [0.2, 0.25) is 0 Å². The summed E-state index contributed by atoms with van der Waals surface area (Å²) in [5.41, 5.74) is -0.403. The summed E-state index contributed by atoms with van der Waals surface area (Å²) in [6.45, 7) is 0. The van der Waals surface area contributed by atoms with Crippen LogP contribution in [0.15, 0.2) is 18.2 Å². The Morgan fingerprint density at radius 3 is 2.54 bits per heavy atom. The molecule has 66 valence electrons. The summed E-state index contributed by atoms with van der Waals surface area (Å²) in [6, 6.07) is 4.12. The maximum atomic E-state index is 10.4. The van der Waals surface area contributed by atoms with Gasteiger partial charge in [0.1, 0.15) is 0 Å². The van der Waals surface area contributed by atoms with Gasteiger partial charge in [-0.15, -0.1) is 0 Å². The van der Waals surface area contributed by atoms with Gasteiger partial charge < -0.3 is 9.84 Å². The van der Waals surface area contributed by atoms with Crippen molar-refractivity contribution >= 4 is 57.1 Å². The van der Waals surface area contributed by atoms with Crippen molar-refractivity contribution in [1.82, 2.24) is 0 Å². The van der Waals surface area contributed by atoms with E-state index in [0.29, 0.717) is 0 Å². The molecule has 0 atom stereocenters. The summed E-state index contributed by atoms with van der Waals surface area (Å²) < 4.78 is 4.69. The Bertz CT molecular complexity index is 315. The molecule has 0 aliphatic rings. The molecule has 0 saturated carbocycles. The molecule has 0 aromatic heterocycles. The molecular weight excluding hydrogens is 201 g/mol. The van der Waals surface area contributed by atoms with Crippen LogP contribution < -0.4 is 4.74 Å². The first-order valence-corrected chi connectivity index (χ1v) is 3.17. The SMILES string of the molecule is COc1cccc(O)c1[N+](=O)[O-].[KH]. The summed E-state index contributed by atoms with van der Waals surface area (Å²) in [7, 11) is 1.31. The van der Waals surface area contributed by atoms with E-state index in [-0.39, 0.29) is 62.9 Å². The van der Waals surface area contributed by atoms with E-state index in [1.807, 2.05) is 0 Å². The van der Waals surface area contributed by atoms with Gasteiger partial charge >= 0.3 is 57.1 Å². The first-order chi connectivity index (χ1) is 5.66. The fraction of sp³-hybridized carbons (Fsp3) is 0.143. The molecule has 6 heteroatoms. The summed E-state index contributed by atoms with van der Waals surface area (Å²) in [6.07, 6.45) is 0. The quantitative estimate of drug-likeness (QED) is 0.441. The second kappa shape index (κ2) is 5.56. The zero-order chi connectivity index (χ0) is 9.14. The Labute approximate surface area is 117 Å². The second-order valence-corrected chi connectivity index (χ2v) is 2.09. The van der Waals surface area contributed by atoms with E-state index in [2.05, 4.69) is 4.74 Å². The molecule has 1 N–H and O–H groups in total. The number of phenolic OH excluding ortho intramolecular Hbond substituents is 1. The minimum absolute atomic E-state index is 0. The number of aromatic hydroxyl groups is 1. The molecule has 5 nitrogen and oxygen atoms in total. The average molecular weight is 209 g/mol. The van der Waals surface area contributed by atoms with E-state index >= 15 is 0 Å². The standard InChI is InChI=1S/C7H7NO4.K.H/c1-12-6-4-2-3-5(9)7(6)8(10)11;;/h2-4,9H,1H3;;. The van der Waals surface area contributed by atoms with Crippen LogP contribution >= 0.6 is 0 Å². The number of hydrogen-bond donors (Lipinski definition) is 1. The topological polar surface area (TPSA) is 72.6 Å². The number of phenols is 1. The van der Waals surface area contributed by atoms with E-state index in [0.717, 1.165) is 0 Å². The van der Waals surface area contributed by atoms with Crippen LogP contribution in [0, 0.1) is 10.1 Å². The van der Waals surface area contributed by atoms with Crippen molar-refractivity contribution in [2.24, 2.45) is 0 Å². The van der Waals surface area contributed by atoms with Crippen LogP contribution in [0.4, 0.5) is 5.69 Å². The molecule has 1 rings (SSSR count). The molecule has 1 aromatic carbocycles. The summed E-state index contributed by atoms with van der Waals surface area (Å²) in [4.78, 5) is 9.68. The zero-order valence-electron chi connectivity index (χ0n) is 6.35. The number of rotatable bonds is 2. The zero-order valence-corrected chi connectivity index (χ0v) is 6.35. The van der Waals surface area contributed by atoms with Crippen molar-refractivity contribution in [3.8, 4) is 11.5 Å². The molecule has 0 fully saturated rings. The molecule has 1 aromatic rings. The normalized spacial score (nSPS) is 8.69. The number of nitro groups is 1. The van der Waals surface area contributed by atoms with Crippen molar-refractivity contribution in [3.63, 3.8) is 0 Å². The van der Waals surface area contributed by atoms with E-state index in [4.69, 9.17) is 5.11 Å². The molecular formula is C7H8KNO4. The van der Waals surface area contributed by atoms with Crippen molar-refractivity contribution in [1.29, 1.82) is 0 Å². The Morgan fingerprint density at radius 1 is 1.54 bits per heavy atom. The Balaban J connectivity index is 0.00000144. The van der Waals surface area contributed by atoms with Gasteiger partial charge in [-0.3, -0.25) is 10.1 Å². The Kier molecular flexibility index (Phi) is 5.50. The molecule has 13 heavy (non-hydrogen) atoms. The van der Waals surface area contributed by atoms with Crippen molar-refractivity contribution in [2.75, 3.05) is 7.11 Å². The molecule has 0 heterocycles. The average Bonchev–Trinajstić information content (AvgIpc) is 2.03. The fourth-order valence-corrected chi connectivity index (χ4v) is 0.859. The third kappa shape index (κ3) is 2.92. The van der Waals surface area contributed by atoms with Crippen LogP contribution in [0.25, 0.3) is 0 Å². The van der Waals surface area contributed by atoms with Gasteiger partial charge in [0.05, 0.1) is 12.0 Å². The van der Waals surface area contributed by atoms with Gasteiger partial charge in [-0.2, -0.15) is 0 Å². The monoisotopic (exact) mass is 209 g/mol. The maximum absolute atomic E-state index is 10.4. The van der Waals surface area contributed by atoms with Crippen LogP contribution in [0.1, 0.15) is 0 Å². The first kappa shape index (κ1) is 12.9. The number of nitrogens with zero attached hydrogens (tertiary/aromatic N) is 1. The predicted molar refractivity (Wildman–Crippen MR) is 48.5 cm³/mol. The summed E-state index contributed by atoms with van der Waals surface area (Å²) in [5, 5.41) is 19.4. The van der Waals surface area contributed by atoms with Crippen LogP contribution in [0.5, 0.6) is 11.5 Å². The number of ether oxygens (including phenoxy) is 1. The van der Waals surface area contributed by atoms with Crippen LogP contribution in [0.3, 0.4) is 0 Å². The van der Waals surface area contributed by atoms with Gasteiger partial charge in [0.15, 0.2) is 5.75 Å². The predicted octanol–water partition coefficient (Wildman–Crippen LogP) is 0.660. The van der Waals surface area contributed by atoms with Gasteiger partial charge in [-0.25, -0.2) is 0 Å². The number of methoxy groups -OCH3 is 1. The molecule has 0 spiro atoms. The van der Waals surface area contributed by atoms with Crippen molar-refractivity contribution < 1.29 is 14.8 Å². The van der Waals surface area contributed by atoms with E-state index in [1.165, 1.54) is 25.3 Å². The molecule has 0 bridgehead atoms. The van der Waals surface area contributed by atoms with E-state index < -0.39 is 10.6 Å². The third-order valence-corrected chi connectivity index (χ3v) is 1.38. The van der Waals surface area contributed by atoms with Crippen LogP contribution in [-0.2, 0) is 0 Å². The second-order valence-electron chi connectivity index (χ2n) is 2.09. The third-order valence-electron chi connectivity index (χ3n) is 1.38. The summed E-state index contributed by atoms with van der Waals surface area (Å²) in [5.74, 6) is -0.334. The van der Waals surface area contributed by atoms with Gasteiger partial charge in [0, 0.05) is 0 Å². The molecule has 0 saturated heterocycles. The minimum atomic E-state index is -0.686. The van der Waals surface area contributed by atoms with Crippen molar-refractivity contribution in [2.45, 2.75) is 0 Å². The molecule has 0 unspecified atom stereocenters. The molecule has 0 aliphatic carbocycles. The van der Waals surface area contributed by atoms with Gasteiger partial charge in [0.25, 0.3) is 0 Å². The molecule has 0 radical (unpaired) electrons. The number of benzene rings is 1. The first-order valence-electron chi connectivity index (χ1n) is 3.17. The fourth-order valence-electron chi connectivity index (χ4n) is 0.859. The Morgan fingerprint density at radius 2 is 2.15 bits per heavy atom. The van der Waals surface area contributed by atoms with Crippen LogP contribution in [-0.4, -0.2) is 68.5 Å². The summed E-state index contributed by atoms with van der Waals surface area (Å²) >= 11 is 0. The number of para-hydroxylation sites is 1. The molecule has 0 aliphatic heterocycles. The number of nitro benzene ring substituents is 1. The molecule has 0 amide bonds.